The Morgan fingerprint density at radius 1 is 1.38 bits per heavy atom. The van der Waals surface area contributed by atoms with Crippen molar-refractivity contribution in [2.24, 2.45) is 0 Å². The number of hydrogen-bond acceptors (Lipinski definition) is 5. The number of carboxylic acid groups (broad SMARTS) is 1. The average Bonchev–Trinajstić information content (AvgIpc) is 3.09. The lowest BCUT2D eigenvalue weighted by Gasteiger charge is -2.38. The Hall–Kier alpha value is -0.980. The number of piperidine rings is 1. The van der Waals surface area contributed by atoms with Crippen LogP contribution in [-0.2, 0) is 11.3 Å². The van der Waals surface area contributed by atoms with Crippen molar-refractivity contribution in [2.45, 2.75) is 51.2 Å². The molecule has 0 radical (unpaired) electrons. The maximum atomic E-state index is 11.3. The molecule has 2 saturated heterocycles. The molecule has 2 aliphatic rings. The first-order chi connectivity index (χ1) is 10.1. The van der Waals surface area contributed by atoms with Gasteiger partial charge < -0.3 is 5.11 Å². The van der Waals surface area contributed by atoms with Gasteiger partial charge in [-0.3, -0.25) is 14.6 Å². The number of rotatable bonds is 4. The first kappa shape index (κ1) is 14.9. The number of aliphatic carboxylic acids is 1. The van der Waals surface area contributed by atoms with Gasteiger partial charge in [0.1, 0.15) is 11.0 Å². The van der Waals surface area contributed by atoms with Crippen molar-refractivity contribution < 1.29 is 9.90 Å². The Morgan fingerprint density at radius 3 is 2.76 bits per heavy atom. The smallest absolute Gasteiger partial charge is 0.320 e. The van der Waals surface area contributed by atoms with Crippen molar-refractivity contribution in [3.63, 3.8) is 0 Å². The number of carboxylic acids is 1. The summed E-state index contributed by atoms with van der Waals surface area (Å²) in [4.78, 5) is 20.5. The fourth-order valence-electron chi connectivity index (χ4n) is 3.57. The summed E-state index contributed by atoms with van der Waals surface area (Å²) >= 11 is 1.73. The van der Waals surface area contributed by atoms with Crippen molar-refractivity contribution >= 4 is 17.3 Å². The molecule has 3 rings (SSSR count). The zero-order chi connectivity index (χ0) is 14.8. The normalized spacial score (nSPS) is 25.5. The van der Waals surface area contributed by atoms with Gasteiger partial charge in [-0.25, -0.2) is 4.98 Å². The molecule has 116 valence electrons. The van der Waals surface area contributed by atoms with Gasteiger partial charge in [-0.05, 0) is 39.2 Å². The van der Waals surface area contributed by atoms with E-state index in [9.17, 15) is 9.90 Å². The molecule has 5 nitrogen and oxygen atoms in total. The molecule has 21 heavy (non-hydrogen) atoms. The Balaban J connectivity index is 1.52. The average molecular weight is 309 g/mol. The second-order valence-electron chi connectivity index (χ2n) is 6.12. The second-order valence-corrected chi connectivity index (χ2v) is 7.07. The van der Waals surface area contributed by atoms with Crippen LogP contribution >= 0.6 is 11.3 Å². The molecule has 0 saturated carbocycles. The minimum Gasteiger partial charge on any atom is -0.480 e. The number of hydrogen-bond donors (Lipinski definition) is 1. The lowest BCUT2D eigenvalue weighted by molar-refractivity contribution is -0.143. The standard InChI is InChI=1S/C15H23N3O2S/c1-11-10-21-14(16-11)9-17-7-4-12(5-8-17)18-6-2-3-13(18)15(19)20/h10,12-13H,2-9H2,1H3,(H,19,20). The van der Waals surface area contributed by atoms with E-state index in [0.717, 1.165) is 57.6 Å². The van der Waals surface area contributed by atoms with Crippen LogP contribution in [0.4, 0.5) is 0 Å². The Morgan fingerprint density at radius 2 is 2.14 bits per heavy atom. The minimum absolute atomic E-state index is 0.247. The number of likely N-dealkylation sites (tertiary alicyclic amines) is 2. The zero-order valence-electron chi connectivity index (χ0n) is 12.5. The van der Waals surface area contributed by atoms with Crippen LogP contribution in [0.25, 0.3) is 0 Å². The molecule has 0 spiro atoms. The van der Waals surface area contributed by atoms with Crippen LogP contribution in [0, 0.1) is 6.92 Å². The molecule has 1 unspecified atom stereocenters. The lowest BCUT2D eigenvalue weighted by Crippen LogP contribution is -2.48. The zero-order valence-corrected chi connectivity index (χ0v) is 13.3. The SMILES string of the molecule is Cc1csc(CN2CCC(N3CCCC3C(=O)O)CC2)n1. The van der Waals surface area contributed by atoms with Crippen LogP contribution in [-0.4, -0.2) is 57.6 Å². The van der Waals surface area contributed by atoms with Gasteiger partial charge in [-0.15, -0.1) is 11.3 Å². The number of aryl methyl sites for hydroxylation is 1. The number of thiazole rings is 1. The summed E-state index contributed by atoms with van der Waals surface area (Å²) in [6.45, 7) is 6.02. The maximum absolute atomic E-state index is 11.3. The molecule has 3 heterocycles. The van der Waals surface area contributed by atoms with Crippen LogP contribution in [0.5, 0.6) is 0 Å². The van der Waals surface area contributed by atoms with Gasteiger partial charge in [0, 0.05) is 30.2 Å². The van der Waals surface area contributed by atoms with Crippen molar-refractivity contribution in [3.05, 3.63) is 16.1 Å². The fourth-order valence-corrected chi connectivity index (χ4v) is 4.38. The third-order valence-electron chi connectivity index (χ3n) is 4.63. The first-order valence-corrected chi connectivity index (χ1v) is 8.63. The quantitative estimate of drug-likeness (QED) is 0.921. The minimum atomic E-state index is -0.645. The first-order valence-electron chi connectivity index (χ1n) is 7.75. The van der Waals surface area contributed by atoms with E-state index in [0.29, 0.717) is 6.04 Å². The van der Waals surface area contributed by atoms with Gasteiger partial charge in [0.2, 0.25) is 0 Å². The van der Waals surface area contributed by atoms with Gasteiger partial charge in [-0.1, -0.05) is 0 Å². The molecular formula is C15H23N3O2S. The predicted octanol–water partition coefficient (Wildman–Crippen LogP) is 1.96. The topological polar surface area (TPSA) is 56.7 Å². The Kier molecular flexibility index (Phi) is 4.57. The highest BCUT2D eigenvalue weighted by atomic mass is 32.1. The molecule has 0 bridgehead atoms. The fraction of sp³-hybridized carbons (Fsp3) is 0.733. The maximum Gasteiger partial charge on any atom is 0.320 e. The van der Waals surface area contributed by atoms with Gasteiger partial charge >= 0.3 is 5.97 Å². The van der Waals surface area contributed by atoms with Crippen LogP contribution in [0.15, 0.2) is 5.38 Å². The monoisotopic (exact) mass is 309 g/mol. The van der Waals surface area contributed by atoms with Crippen molar-refractivity contribution in [3.8, 4) is 0 Å². The summed E-state index contributed by atoms with van der Waals surface area (Å²) in [6, 6.07) is 0.200. The van der Waals surface area contributed by atoms with E-state index in [-0.39, 0.29) is 6.04 Å². The Bertz CT molecular complexity index is 497. The number of carbonyl (C=O) groups is 1. The summed E-state index contributed by atoms with van der Waals surface area (Å²) in [7, 11) is 0. The molecule has 6 heteroatoms. The van der Waals surface area contributed by atoms with Crippen LogP contribution < -0.4 is 0 Å². The van der Waals surface area contributed by atoms with Crippen molar-refractivity contribution in [1.82, 2.24) is 14.8 Å². The van der Waals surface area contributed by atoms with E-state index in [1.165, 1.54) is 5.01 Å². The third kappa shape index (κ3) is 3.44. The highest BCUT2D eigenvalue weighted by Gasteiger charge is 2.36. The van der Waals surface area contributed by atoms with E-state index in [1.807, 2.05) is 6.92 Å². The molecule has 2 fully saturated rings. The highest BCUT2D eigenvalue weighted by Crippen LogP contribution is 2.27. The van der Waals surface area contributed by atoms with Crippen LogP contribution in [0.3, 0.4) is 0 Å². The molecule has 1 atom stereocenters. The molecule has 0 aromatic carbocycles. The summed E-state index contributed by atoms with van der Waals surface area (Å²) in [5, 5.41) is 12.6. The van der Waals surface area contributed by atoms with Gasteiger partial charge in [0.25, 0.3) is 0 Å². The number of aromatic nitrogens is 1. The van der Waals surface area contributed by atoms with Crippen LogP contribution in [0.2, 0.25) is 0 Å². The molecule has 2 aliphatic heterocycles. The molecule has 1 aromatic heterocycles. The van der Waals surface area contributed by atoms with E-state index in [1.54, 1.807) is 11.3 Å². The summed E-state index contributed by atoms with van der Waals surface area (Å²) < 4.78 is 0. The largest absolute Gasteiger partial charge is 0.480 e. The van der Waals surface area contributed by atoms with E-state index in [4.69, 9.17) is 0 Å². The van der Waals surface area contributed by atoms with E-state index in [2.05, 4.69) is 20.2 Å². The van der Waals surface area contributed by atoms with Gasteiger partial charge in [0.05, 0.1) is 6.54 Å². The summed E-state index contributed by atoms with van der Waals surface area (Å²) in [5.74, 6) is -0.645. The third-order valence-corrected chi connectivity index (χ3v) is 5.58. The molecule has 0 amide bonds. The second kappa shape index (κ2) is 6.42. The molecule has 1 N–H and O–H groups in total. The summed E-state index contributed by atoms with van der Waals surface area (Å²) in [6.07, 6.45) is 3.99. The van der Waals surface area contributed by atoms with Crippen molar-refractivity contribution in [2.75, 3.05) is 19.6 Å². The van der Waals surface area contributed by atoms with Crippen LogP contribution in [0.1, 0.15) is 36.4 Å². The lowest BCUT2D eigenvalue weighted by atomic mass is 10.0. The predicted molar refractivity (Wildman–Crippen MR) is 82.5 cm³/mol. The van der Waals surface area contributed by atoms with Gasteiger partial charge in [-0.2, -0.15) is 0 Å². The Labute approximate surface area is 129 Å². The number of nitrogens with zero attached hydrogens (tertiary/aromatic N) is 3. The molecule has 0 aliphatic carbocycles. The molecular weight excluding hydrogens is 286 g/mol. The van der Waals surface area contributed by atoms with E-state index >= 15 is 0 Å². The summed E-state index contributed by atoms with van der Waals surface area (Å²) in [5.41, 5.74) is 1.10. The van der Waals surface area contributed by atoms with E-state index < -0.39 is 5.97 Å². The molecule has 1 aromatic rings. The van der Waals surface area contributed by atoms with Gasteiger partial charge in [0.15, 0.2) is 0 Å². The highest BCUT2D eigenvalue weighted by molar-refractivity contribution is 7.09. The van der Waals surface area contributed by atoms with Crippen molar-refractivity contribution in [1.29, 1.82) is 0 Å².